The van der Waals surface area contributed by atoms with Gasteiger partial charge in [-0.05, 0) is 48.6 Å². The standard InChI is InChI=1S/C15H19N3O/c16-15-4-1-3-12-5-6-13(11-14(12)15)19-10-9-18-8-2-7-17-18/h2,5-8,11,15H,1,3-4,9-10,16H2. The molecule has 1 aromatic carbocycles. The van der Waals surface area contributed by atoms with E-state index in [1.54, 1.807) is 6.20 Å². The third kappa shape index (κ3) is 2.79. The Morgan fingerprint density at radius 3 is 3.21 bits per heavy atom. The molecule has 0 aliphatic heterocycles. The van der Waals surface area contributed by atoms with Gasteiger partial charge in [0.2, 0.25) is 0 Å². The molecule has 4 nitrogen and oxygen atoms in total. The average Bonchev–Trinajstić information content (AvgIpc) is 2.93. The molecule has 100 valence electrons. The van der Waals surface area contributed by atoms with Crippen LogP contribution in [0.2, 0.25) is 0 Å². The highest BCUT2D eigenvalue weighted by Gasteiger charge is 2.17. The molecule has 0 radical (unpaired) electrons. The fourth-order valence-corrected chi connectivity index (χ4v) is 2.59. The minimum atomic E-state index is 0.165. The molecule has 1 atom stereocenters. The van der Waals surface area contributed by atoms with E-state index in [-0.39, 0.29) is 6.04 Å². The third-order valence-corrected chi connectivity index (χ3v) is 3.63. The number of fused-ring (bicyclic) bond motifs is 1. The number of aromatic nitrogens is 2. The van der Waals surface area contributed by atoms with Gasteiger partial charge in [-0.25, -0.2) is 0 Å². The van der Waals surface area contributed by atoms with Gasteiger partial charge in [-0.3, -0.25) is 4.68 Å². The van der Waals surface area contributed by atoms with Crippen LogP contribution in [0.25, 0.3) is 0 Å². The molecular formula is C15H19N3O. The zero-order valence-corrected chi connectivity index (χ0v) is 11.0. The third-order valence-electron chi connectivity index (χ3n) is 3.63. The van der Waals surface area contributed by atoms with Gasteiger partial charge in [0.15, 0.2) is 0 Å². The largest absolute Gasteiger partial charge is 0.492 e. The van der Waals surface area contributed by atoms with E-state index < -0.39 is 0 Å². The molecule has 3 rings (SSSR count). The van der Waals surface area contributed by atoms with E-state index in [2.05, 4.69) is 17.2 Å². The number of aryl methyl sites for hydroxylation is 1. The van der Waals surface area contributed by atoms with Crippen LogP contribution in [0.5, 0.6) is 5.75 Å². The molecule has 0 fully saturated rings. The molecule has 4 heteroatoms. The van der Waals surface area contributed by atoms with Crippen LogP contribution in [-0.4, -0.2) is 16.4 Å². The van der Waals surface area contributed by atoms with Crippen LogP contribution in [0, 0.1) is 0 Å². The van der Waals surface area contributed by atoms with Crippen molar-refractivity contribution in [2.75, 3.05) is 6.61 Å². The first-order chi connectivity index (χ1) is 9.33. The molecule has 1 unspecified atom stereocenters. The Balaban J connectivity index is 1.63. The van der Waals surface area contributed by atoms with Gasteiger partial charge in [0, 0.05) is 18.4 Å². The Morgan fingerprint density at radius 2 is 2.37 bits per heavy atom. The molecule has 2 N–H and O–H groups in total. The molecule has 19 heavy (non-hydrogen) atoms. The Labute approximate surface area is 113 Å². The highest BCUT2D eigenvalue weighted by molar-refractivity contribution is 5.39. The first kappa shape index (κ1) is 12.2. The minimum Gasteiger partial charge on any atom is -0.492 e. The van der Waals surface area contributed by atoms with Gasteiger partial charge in [-0.2, -0.15) is 5.10 Å². The van der Waals surface area contributed by atoms with E-state index in [4.69, 9.17) is 10.5 Å². The molecule has 1 aromatic heterocycles. The first-order valence-corrected chi connectivity index (χ1v) is 6.81. The lowest BCUT2D eigenvalue weighted by atomic mass is 9.88. The maximum Gasteiger partial charge on any atom is 0.119 e. The smallest absolute Gasteiger partial charge is 0.119 e. The van der Waals surface area contributed by atoms with Crippen LogP contribution >= 0.6 is 0 Å². The monoisotopic (exact) mass is 257 g/mol. The molecule has 0 amide bonds. The predicted molar refractivity (Wildman–Crippen MR) is 74.0 cm³/mol. The lowest BCUT2D eigenvalue weighted by molar-refractivity contribution is 0.290. The highest BCUT2D eigenvalue weighted by Crippen LogP contribution is 2.30. The molecule has 1 heterocycles. The summed E-state index contributed by atoms with van der Waals surface area (Å²) in [5, 5.41) is 4.15. The minimum absolute atomic E-state index is 0.165. The summed E-state index contributed by atoms with van der Waals surface area (Å²) in [5.74, 6) is 0.906. The fourth-order valence-electron chi connectivity index (χ4n) is 2.59. The maximum atomic E-state index is 6.15. The van der Waals surface area contributed by atoms with Crippen molar-refractivity contribution in [1.82, 2.24) is 9.78 Å². The van der Waals surface area contributed by atoms with E-state index in [9.17, 15) is 0 Å². The molecule has 0 saturated heterocycles. The maximum absolute atomic E-state index is 6.15. The molecule has 1 aliphatic carbocycles. The Morgan fingerprint density at radius 1 is 1.42 bits per heavy atom. The lowest BCUT2D eigenvalue weighted by Crippen LogP contribution is -2.17. The second-order valence-corrected chi connectivity index (χ2v) is 4.98. The second-order valence-electron chi connectivity index (χ2n) is 4.98. The average molecular weight is 257 g/mol. The summed E-state index contributed by atoms with van der Waals surface area (Å²) in [6.45, 7) is 1.38. The van der Waals surface area contributed by atoms with E-state index in [1.807, 2.05) is 23.0 Å². The fraction of sp³-hybridized carbons (Fsp3) is 0.400. The van der Waals surface area contributed by atoms with Crippen molar-refractivity contribution in [2.45, 2.75) is 31.8 Å². The van der Waals surface area contributed by atoms with Crippen molar-refractivity contribution >= 4 is 0 Å². The van der Waals surface area contributed by atoms with E-state index >= 15 is 0 Å². The molecule has 0 spiro atoms. The molecule has 1 aliphatic rings. The summed E-state index contributed by atoms with van der Waals surface area (Å²) < 4.78 is 7.64. The quantitative estimate of drug-likeness (QED) is 0.914. The van der Waals surface area contributed by atoms with Crippen LogP contribution in [0.4, 0.5) is 0 Å². The van der Waals surface area contributed by atoms with E-state index in [1.165, 1.54) is 17.5 Å². The van der Waals surface area contributed by atoms with Crippen molar-refractivity contribution in [3.8, 4) is 5.75 Å². The summed E-state index contributed by atoms with van der Waals surface area (Å²) in [6.07, 6.45) is 7.11. The van der Waals surface area contributed by atoms with Crippen LogP contribution in [-0.2, 0) is 13.0 Å². The molecule has 0 saturated carbocycles. The van der Waals surface area contributed by atoms with Crippen LogP contribution in [0.3, 0.4) is 0 Å². The molecule has 2 aromatic rings. The van der Waals surface area contributed by atoms with E-state index in [0.29, 0.717) is 6.61 Å². The Bertz CT molecular complexity index is 536. The van der Waals surface area contributed by atoms with Crippen molar-refractivity contribution in [3.05, 3.63) is 47.8 Å². The van der Waals surface area contributed by atoms with Gasteiger partial charge in [0.05, 0.1) is 6.54 Å². The van der Waals surface area contributed by atoms with Crippen LogP contribution in [0.15, 0.2) is 36.7 Å². The first-order valence-electron chi connectivity index (χ1n) is 6.81. The number of rotatable bonds is 4. The summed E-state index contributed by atoms with van der Waals surface area (Å²) in [5.41, 5.74) is 8.78. The van der Waals surface area contributed by atoms with Crippen molar-refractivity contribution in [3.63, 3.8) is 0 Å². The number of hydrogen-bond acceptors (Lipinski definition) is 3. The van der Waals surface area contributed by atoms with Crippen LogP contribution < -0.4 is 10.5 Å². The van der Waals surface area contributed by atoms with Gasteiger partial charge < -0.3 is 10.5 Å². The predicted octanol–water partition coefficient (Wildman–Crippen LogP) is 2.30. The van der Waals surface area contributed by atoms with Crippen molar-refractivity contribution in [1.29, 1.82) is 0 Å². The Kier molecular flexibility index (Phi) is 3.51. The van der Waals surface area contributed by atoms with Gasteiger partial charge in [-0.1, -0.05) is 6.07 Å². The number of benzene rings is 1. The topological polar surface area (TPSA) is 53.1 Å². The number of nitrogens with zero attached hydrogens (tertiary/aromatic N) is 2. The molecular weight excluding hydrogens is 238 g/mol. The highest BCUT2D eigenvalue weighted by atomic mass is 16.5. The van der Waals surface area contributed by atoms with Gasteiger partial charge >= 0.3 is 0 Å². The van der Waals surface area contributed by atoms with Gasteiger partial charge in [-0.15, -0.1) is 0 Å². The second kappa shape index (κ2) is 5.45. The number of nitrogens with two attached hydrogens (primary N) is 1. The van der Waals surface area contributed by atoms with Gasteiger partial charge in [0.1, 0.15) is 12.4 Å². The van der Waals surface area contributed by atoms with Crippen LogP contribution in [0.1, 0.15) is 30.0 Å². The number of ether oxygens (including phenoxy) is 1. The van der Waals surface area contributed by atoms with Gasteiger partial charge in [0.25, 0.3) is 0 Å². The molecule has 0 bridgehead atoms. The summed E-state index contributed by atoms with van der Waals surface area (Å²) in [7, 11) is 0. The summed E-state index contributed by atoms with van der Waals surface area (Å²) in [6, 6.07) is 8.37. The lowest BCUT2D eigenvalue weighted by Gasteiger charge is -2.22. The summed E-state index contributed by atoms with van der Waals surface area (Å²) in [4.78, 5) is 0. The van der Waals surface area contributed by atoms with E-state index in [0.717, 1.165) is 25.1 Å². The van der Waals surface area contributed by atoms with Crippen molar-refractivity contribution < 1.29 is 4.74 Å². The SMILES string of the molecule is NC1CCCc2ccc(OCCn3cccn3)cc21. The normalized spacial score (nSPS) is 18.1. The summed E-state index contributed by atoms with van der Waals surface area (Å²) >= 11 is 0. The van der Waals surface area contributed by atoms with Crippen molar-refractivity contribution in [2.24, 2.45) is 5.73 Å². The number of hydrogen-bond donors (Lipinski definition) is 1. The Hall–Kier alpha value is -1.81. The zero-order valence-electron chi connectivity index (χ0n) is 11.0. The zero-order chi connectivity index (χ0) is 13.1.